The van der Waals surface area contributed by atoms with E-state index in [1.165, 1.54) is 28.2 Å². The van der Waals surface area contributed by atoms with Crippen LogP contribution in [0.3, 0.4) is 0 Å². The van der Waals surface area contributed by atoms with E-state index < -0.39 is 0 Å². The van der Waals surface area contributed by atoms with Gasteiger partial charge in [-0.1, -0.05) is 25.5 Å². The van der Waals surface area contributed by atoms with Gasteiger partial charge < -0.3 is 5.32 Å². The van der Waals surface area contributed by atoms with Crippen LogP contribution in [0.4, 0.5) is 5.69 Å². The number of anilines is 1. The van der Waals surface area contributed by atoms with Crippen molar-refractivity contribution >= 4 is 17.0 Å². The van der Waals surface area contributed by atoms with Crippen LogP contribution in [0, 0.1) is 11.3 Å². The Morgan fingerprint density at radius 1 is 1.17 bits per heavy atom. The summed E-state index contributed by atoms with van der Waals surface area (Å²) in [5, 5.41) is 12.1. The van der Waals surface area contributed by atoms with Crippen LogP contribution in [0.15, 0.2) is 36.4 Å². The lowest BCUT2D eigenvalue weighted by molar-refractivity contribution is 0.922. The van der Waals surface area contributed by atoms with Crippen molar-refractivity contribution < 1.29 is 0 Å². The fourth-order valence-electron chi connectivity index (χ4n) is 1.80. The molecule has 0 atom stereocenters. The molecule has 1 N–H and O–H groups in total. The quantitative estimate of drug-likeness (QED) is 0.871. The Bertz CT molecular complexity index is 534. The minimum absolute atomic E-state index is 0.769. The van der Waals surface area contributed by atoms with E-state index in [1.807, 2.05) is 12.1 Å². The number of hydrogen-bond donors (Lipinski definition) is 1. The molecule has 1 aromatic carbocycles. The molecule has 0 unspecified atom stereocenters. The van der Waals surface area contributed by atoms with Gasteiger partial charge in [-0.05, 0) is 36.2 Å². The summed E-state index contributed by atoms with van der Waals surface area (Å²) in [7, 11) is 0. The molecule has 0 aliphatic carbocycles. The fraction of sp³-hybridized carbons (Fsp3) is 0.267. The van der Waals surface area contributed by atoms with Crippen LogP contribution in [-0.4, -0.2) is 0 Å². The molecule has 0 saturated carbocycles. The zero-order valence-corrected chi connectivity index (χ0v) is 11.3. The summed E-state index contributed by atoms with van der Waals surface area (Å²) in [5.41, 5.74) is 2.51. The van der Waals surface area contributed by atoms with Gasteiger partial charge in [-0.3, -0.25) is 0 Å². The van der Waals surface area contributed by atoms with E-state index in [0.717, 1.165) is 23.5 Å². The summed E-state index contributed by atoms with van der Waals surface area (Å²) in [6.07, 6.45) is 2.32. The number of rotatable bonds is 5. The first-order valence-corrected chi connectivity index (χ1v) is 6.95. The predicted octanol–water partition coefficient (Wildman–Crippen LogP) is 4.18. The molecule has 2 nitrogen and oxygen atoms in total. The second kappa shape index (κ2) is 6.23. The van der Waals surface area contributed by atoms with Crippen LogP contribution in [0.1, 0.15) is 28.7 Å². The summed E-state index contributed by atoms with van der Waals surface area (Å²) in [6.45, 7) is 2.97. The molecule has 0 saturated heterocycles. The highest BCUT2D eigenvalue weighted by atomic mass is 32.1. The van der Waals surface area contributed by atoms with E-state index >= 15 is 0 Å². The second-order valence-electron chi connectivity index (χ2n) is 4.18. The molecule has 0 amide bonds. The third kappa shape index (κ3) is 3.35. The van der Waals surface area contributed by atoms with Gasteiger partial charge in [-0.2, -0.15) is 5.26 Å². The highest BCUT2D eigenvalue weighted by Gasteiger charge is 1.99. The molecule has 92 valence electrons. The molecule has 0 radical (unpaired) electrons. The van der Waals surface area contributed by atoms with Gasteiger partial charge >= 0.3 is 0 Å². The molecule has 3 heteroatoms. The van der Waals surface area contributed by atoms with E-state index in [9.17, 15) is 0 Å². The molecule has 2 aromatic rings. The largest absolute Gasteiger partial charge is 0.380 e. The monoisotopic (exact) mass is 256 g/mol. The van der Waals surface area contributed by atoms with Crippen molar-refractivity contribution in [3.05, 3.63) is 51.7 Å². The molecule has 1 heterocycles. The summed E-state index contributed by atoms with van der Waals surface area (Å²) in [6, 6.07) is 14.6. The van der Waals surface area contributed by atoms with E-state index in [4.69, 9.17) is 5.26 Å². The maximum absolute atomic E-state index is 8.76. The minimum Gasteiger partial charge on any atom is -0.380 e. The van der Waals surface area contributed by atoms with Crippen molar-refractivity contribution in [2.75, 3.05) is 5.32 Å². The highest BCUT2D eigenvalue weighted by Crippen LogP contribution is 2.17. The lowest BCUT2D eigenvalue weighted by Crippen LogP contribution is -1.97. The van der Waals surface area contributed by atoms with E-state index in [1.54, 1.807) is 0 Å². The van der Waals surface area contributed by atoms with Crippen molar-refractivity contribution in [2.45, 2.75) is 26.3 Å². The molecule has 0 spiro atoms. The van der Waals surface area contributed by atoms with Crippen LogP contribution in [-0.2, 0) is 13.0 Å². The predicted molar refractivity (Wildman–Crippen MR) is 76.8 cm³/mol. The van der Waals surface area contributed by atoms with Gasteiger partial charge in [0.15, 0.2) is 0 Å². The average Bonchev–Trinajstić information content (AvgIpc) is 2.86. The van der Waals surface area contributed by atoms with Gasteiger partial charge in [-0.25, -0.2) is 0 Å². The Balaban J connectivity index is 1.91. The van der Waals surface area contributed by atoms with Crippen LogP contribution in [0.25, 0.3) is 0 Å². The minimum atomic E-state index is 0.769. The van der Waals surface area contributed by atoms with E-state index in [0.29, 0.717) is 0 Å². The second-order valence-corrected chi connectivity index (χ2v) is 5.35. The maximum atomic E-state index is 8.76. The highest BCUT2D eigenvalue weighted by molar-refractivity contribution is 7.12. The fourth-order valence-corrected chi connectivity index (χ4v) is 2.54. The standard InChI is InChI=1S/C15H16N2S/c1-2-3-12-4-6-13(7-5-12)17-11-15-9-8-14(10-16)18-15/h4-9,17H,2-3,11H2,1H3. The summed E-state index contributed by atoms with van der Waals surface area (Å²) in [4.78, 5) is 1.95. The number of nitrogens with one attached hydrogen (secondary N) is 1. The number of benzene rings is 1. The van der Waals surface area contributed by atoms with Crippen LogP contribution in [0.5, 0.6) is 0 Å². The Morgan fingerprint density at radius 3 is 2.56 bits per heavy atom. The molecule has 2 rings (SSSR count). The number of nitrogens with zero attached hydrogens (tertiary/aromatic N) is 1. The molecule has 0 aliphatic rings. The molecule has 1 aromatic heterocycles. The Labute approximate surface area is 112 Å². The number of nitriles is 1. The average molecular weight is 256 g/mol. The van der Waals surface area contributed by atoms with E-state index in [-0.39, 0.29) is 0 Å². The number of hydrogen-bond acceptors (Lipinski definition) is 3. The van der Waals surface area contributed by atoms with Gasteiger partial charge in [0.1, 0.15) is 10.9 Å². The van der Waals surface area contributed by atoms with Crippen molar-refractivity contribution in [3.63, 3.8) is 0 Å². The smallest absolute Gasteiger partial charge is 0.110 e. The molecule has 0 bridgehead atoms. The third-order valence-corrected chi connectivity index (χ3v) is 3.72. The van der Waals surface area contributed by atoms with Crippen molar-refractivity contribution in [3.8, 4) is 6.07 Å². The topological polar surface area (TPSA) is 35.8 Å². The number of thiophene rings is 1. The number of aryl methyl sites for hydroxylation is 1. The van der Waals surface area contributed by atoms with Gasteiger partial charge in [0.2, 0.25) is 0 Å². The Hall–Kier alpha value is -1.79. The third-order valence-electron chi connectivity index (χ3n) is 2.73. The molecular formula is C15H16N2S. The first-order valence-electron chi connectivity index (χ1n) is 6.13. The normalized spacial score (nSPS) is 10.0. The van der Waals surface area contributed by atoms with Crippen molar-refractivity contribution in [2.24, 2.45) is 0 Å². The molecule has 18 heavy (non-hydrogen) atoms. The van der Waals surface area contributed by atoms with Crippen LogP contribution >= 0.6 is 11.3 Å². The molecular weight excluding hydrogens is 240 g/mol. The van der Waals surface area contributed by atoms with Crippen molar-refractivity contribution in [1.29, 1.82) is 5.26 Å². The Morgan fingerprint density at radius 2 is 1.94 bits per heavy atom. The zero-order valence-electron chi connectivity index (χ0n) is 10.4. The first-order chi connectivity index (χ1) is 8.81. The lowest BCUT2D eigenvalue weighted by Gasteiger charge is -2.05. The zero-order chi connectivity index (χ0) is 12.8. The van der Waals surface area contributed by atoms with Gasteiger partial charge in [-0.15, -0.1) is 11.3 Å². The van der Waals surface area contributed by atoms with Crippen LogP contribution < -0.4 is 5.32 Å². The van der Waals surface area contributed by atoms with Crippen LogP contribution in [0.2, 0.25) is 0 Å². The van der Waals surface area contributed by atoms with Gasteiger partial charge in [0.05, 0.1) is 0 Å². The van der Waals surface area contributed by atoms with E-state index in [2.05, 4.69) is 42.6 Å². The summed E-state index contributed by atoms with van der Waals surface area (Å²) in [5.74, 6) is 0. The van der Waals surface area contributed by atoms with Gasteiger partial charge in [0, 0.05) is 17.1 Å². The summed E-state index contributed by atoms with van der Waals surface area (Å²) < 4.78 is 0. The Kier molecular flexibility index (Phi) is 4.38. The van der Waals surface area contributed by atoms with Crippen molar-refractivity contribution in [1.82, 2.24) is 0 Å². The molecule has 0 aliphatic heterocycles. The SMILES string of the molecule is CCCc1ccc(NCc2ccc(C#N)s2)cc1. The summed E-state index contributed by atoms with van der Waals surface area (Å²) >= 11 is 1.54. The lowest BCUT2D eigenvalue weighted by atomic mass is 10.1. The first kappa shape index (κ1) is 12.7. The maximum Gasteiger partial charge on any atom is 0.110 e. The molecule has 0 fully saturated rings. The van der Waals surface area contributed by atoms with Gasteiger partial charge in [0.25, 0.3) is 0 Å².